The molecule has 2 aromatic heterocycles. The maximum absolute atomic E-state index is 11.6. The molecule has 0 saturated carbocycles. The first-order chi connectivity index (χ1) is 17.6. The summed E-state index contributed by atoms with van der Waals surface area (Å²) in [4.78, 5) is 22.6. The number of nitrogens with zero attached hydrogens (tertiary/aromatic N) is 4. The van der Waals surface area contributed by atoms with Gasteiger partial charge in [-0.3, -0.25) is 4.55 Å². The van der Waals surface area contributed by atoms with Crippen LogP contribution in [0.1, 0.15) is 19.4 Å². The summed E-state index contributed by atoms with van der Waals surface area (Å²) in [5.41, 5.74) is 10.2. The smallest absolute Gasteiger partial charge is 0.409 e. The van der Waals surface area contributed by atoms with Crippen LogP contribution in [0.5, 0.6) is 0 Å². The SMILES string of the molecule is COC(=O)N(C)Cc1ccc(-c2cc(-c3nc(-c4ccc(S(O)([OH2+])C(C)C)cc4)cnc3N)on2)cc1. The number of methoxy groups -OCH3 is 1. The van der Waals surface area contributed by atoms with E-state index in [0.29, 0.717) is 34.3 Å². The van der Waals surface area contributed by atoms with E-state index < -0.39 is 16.7 Å². The van der Waals surface area contributed by atoms with Crippen LogP contribution in [0.4, 0.5) is 10.6 Å². The van der Waals surface area contributed by atoms with Gasteiger partial charge in [0.05, 0.1) is 24.3 Å². The highest BCUT2D eigenvalue weighted by molar-refractivity contribution is 8.24. The van der Waals surface area contributed by atoms with Gasteiger partial charge in [0.1, 0.15) is 10.6 Å². The number of amides is 1. The van der Waals surface area contributed by atoms with Crippen LogP contribution in [-0.4, -0.2) is 54.6 Å². The van der Waals surface area contributed by atoms with Crippen molar-refractivity contribution in [3.8, 4) is 34.0 Å². The number of carbonyl (C=O) groups is 1. The van der Waals surface area contributed by atoms with Gasteiger partial charge in [-0.1, -0.05) is 52.1 Å². The van der Waals surface area contributed by atoms with E-state index in [4.69, 9.17) is 19.5 Å². The molecule has 0 saturated heterocycles. The molecule has 11 heteroatoms. The van der Waals surface area contributed by atoms with Crippen molar-refractivity contribution < 1.29 is 23.2 Å². The van der Waals surface area contributed by atoms with Gasteiger partial charge in [0.25, 0.3) is 0 Å². The molecule has 0 fully saturated rings. The Morgan fingerprint density at radius 2 is 1.76 bits per heavy atom. The van der Waals surface area contributed by atoms with Crippen LogP contribution in [0.25, 0.3) is 34.0 Å². The summed E-state index contributed by atoms with van der Waals surface area (Å²) in [6, 6.07) is 16.4. The molecule has 4 rings (SSSR count). The van der Waals surface area contributed by atoms with Crippen molar-refractivity contribution in [1.29, 1.82) is 0 Å². The minimum absolute atomic E-state index is 0.181. The molecule has 1 amide bonds. The second kappa shape index (κ2) is 10.6. The number of hydrogen-bond donors (Lipinski definition) is 2. The highest BCUT2D eigenvalue weighted by atomic mass is 32.3. The Morgan fingerprint density at radius 3 is 2.38 bits per heavy atom. The zero-order valence-corrected chi connectivity index (χ0v) is 21.8. The molecule has 1 atom stereocenters. The van der Waals surface area contributed by atoms with Crippen LogP contribution in [0.3, 0.4) is 0 Å². The monoisotopic (exact) mass is 524 g/mol. The molecule has 0 aliphatic heterocycles. The fourth-order valence-corrected chi connectivity index (χ4v) is 4.72. The van der Waals surface area contributed by atoms with Gasteiger partial charge in [-0.25, -0.2) is 14.8 Å². The number of rotatable bonds is 7. The molecule has 194 valence electrons. The van der Waals surface area contributed by atoms with Crippen molar-refractivity contribution in [2.24, 2.45) is 0 Å². The molecule has 5 N–H and O–H groups in total. The van der Waals surface area contributed by atoms with Gasteiger partial charge in [0.2, 0.25) is 0 Å². The van der Waals surface area contributed by atoms with Crippen LogP contribution in [-0.2, 0) is 11.3 Å². The molecule has 0 radical (unpaired) electrons. The molecule has 0 bridgehead atoms. The second-order valence-corrected chi connectivity index (χ2v) is 11.5. The Labute approximate surface area is 216 Å². The number of nitrogens with two attached hydrogens (primary N) is 1. The number of aromatic nitrogens is 3. The Hall–Kier alpha value is -3.93. The van der Waals surface area contributed by atoms with Crippen LogP contribution in [0, 0.1) is 0 Å². The van der Waals surface area contributed by atoms with Gasteiger partial charge in [-0.05, 0) is 31.5 Å². The summed E-state index contributed by atoms with van der Waals surface area (Å²) in [7, 11) is 0.390. The highest BCUT2D eigenvalue weighted by Crippen LogP contribution is 2.52. The van der Waals surface area contributed by atoms with Gasteiger partial charge in [0, 0.05) is 30.8 Å². The lowest BCUT2D eigenvalue weighted by Gasteiger charge is -2.31. The van der Waals surface area contributed by atoms with Gasteiger partial charge >= 0.3 is 6.09 Å². The molecule has 2 heterocycles. The first-order valence-electron chi connectivity index (χ1n) is 11.5. The maximum Gasteiger partial charge on any atom is 0.409 e. The van der Waals surface area contributed by atoms with Crippen molar-refractivity contribution in [3.63, 3.8) is 0 Å². The lowest BCUT2D eigenvalue weighted by molar-refractivity contribution is 0.131. The largest absolute Gasteiger partial charge is 0.453 e. The van der Waals surface area contributed by atoms with Crippen molar-refractivity contribution in [1.82, 2.24) is 20.0 Å². The number of benzene rings is 2. The van der Waals surface area contributed by atoms with E-state index in [9.17, 15) is 9.35 Å². The quantitative estimate of drug-likeness (QED) is 0.323. The number of anilines is 1. The summed E-state index contributed by atoms with van der Waals surface area (Å²) >= 11 is 0. The van der Waals surface area contributed by atoms with E-state index in [1.54, 1.807) is 43.6 Å². The van der Waals surface area contributed by atoms with Crippen molar-refractivity contribution >= 4 is 22.5 Å². The van der Waals surface area contributed by atoms with E-state index in [1.165, 1.54) is 12.0 Å². The highest BCUT2D eigenvalue weighted by Gasteiger charge is 2.24. The van der Waals surface area contributed by atoms with E-state index in [2.05, 4.69) is 15.1 Å². The molecule has 0 spiro atoms. The van der Waals surface area contributed by atoms with Crippen LogP contribution in [0.2, 0.25) is 0 Å². The molecular formula is C26H30N5O5S+. The van der Waals surface area contributed by atoms with Gasteiger partial charge < -0.3 is 24.4 Å². The second-order valence-electron chi connectivity index (χ2n) is 8.79. The van der Waals surface area contributed by atoms with Crippen molar-refractivity contribution in [2.75, 3.05) is 19.9 Å². The molecular weight excluding hydrogens is 494 g/mol. The topological polar surface area (TPSA) is 150 Å². The molecule has 37 heavy (non-hydrogen) atoms. The lowest BCUT2D eigenvalue weighted by atomic mass is 10.1. The van der Waals surface area contributed by atoms with E-state index in [1.807, 2.05) is 38.1 Å². The average molecular weight is 525 g/mol. The Balaban J connectivity index is 1.56. The zero-order chi connectivity index (χ0) is 26.7. The average Bonchev–Trinajstić information content (AvgIpc) is 3.39. The Bertz CT molecular complexity index is 1390. The Kier molecular flexibility index (Phi) is 7.48. The third-order valence-corrected chi connectivity index (χ3v) is 8.25. The summed E-state index contributed by atoms with van der Waals surface area (Å²) in [6.07, 6.45) is 1.16. The maximum atomic E-state index is 11.6. The number of hydrogen-bond acceptors (Lipinski definition) is 8. The first-order valence-corrected chi connectivity index (χ1v) is 13.1. The molecule has 0 aliphatic carbocycles. The van der Waals surface area contributed by atoms with E-state index >= 15 is 0 Å². The van der Waals surface area contributed by atoms with Crippen LogP contribution < -0.4 is 5.73 Å². The minimum Gasteiger partial charge on any atom is -0.453 e. The number of carbonyl (C=O) groups excluding carboxylic acids is 1. The van der Waals surface area contributed by atoms with Crippen LogP contribution >= 0.6 is 10.6 Å². The van der Waals surface area contributed by atoms with Crippen molar-refractivity contribution in [3.05, 3.63) is 66.4 Å². The van der Waals surface area contributed by atoms with Gasteiger partial charge in [-0.15, -0.1) is 0 Å². The number of ether oxygens (including phenoxy) is 1. The first kappa shape index (κ1) is 26.1. The normalized spacial score (nSPS) is 13.7. The molecule has 1 unspecified atom stereocenters. The Morgan fingerprint density at radius 1 is 1.14 bits per heavy atom. The summed E-state index contributed by atoms with van der Waals surface area (Å²) in [6.45, 7) is 4.08. The lowest BCUT2D eigenvalue weighted by Crippen LogP contribution is -2.25. The van der Waals surface area contributed by atoms with E-state index in [-0.39, 0.29) is 11.1 Å². The van der Waals surface area contributed by atoms with Gasteiger partial charge in [0.15, 0.2) is 17.3 Å². The predicted octanol–water partition coefficient (Wildman–Crippen LogP) is 4.93. The third kappa shape index (κ3) is 5.58. The minimum atomic E-state index is -2.62. The summed E-state index contributed by atoms with van der Waals surface area (Å²) in [5.74, 6) is 0.576. The molecule has 4 aromatic rings. The van der Waals surface area contributed by atoms with Crippen molar-refractivity contribution in [2.45, 2.75) is 30.5 Å². The fraction of sp³-hybridized carbons (Fsp3) is 0.231. The predicted molar refractivity (Wildman–Crippen MR) is 144 cm³/mol. The summed E-state index contributed by atoms with van der Waals surface area (Å²) < 4.78 is 29.0. The fourth-order valence-electron chi connectivity index (χ4n) is 3.62. The molecule has 0 aliphatic rings. The van der Waals surface area contributed by atoms with Gasteiger partial charge in [-0.2, -0.15) is 0 Å². The standard InChI is InChI=1S/C26H29N5O5S/c1-16(2)37(33,34)20-11-9-19(10-12-20)22-14-28-25(27)24(29-22)23-13-21(30-36-23)18-7-5-17(6-8-18)15-31(3)26(32)35-4/h5-14,16,33-34H,15H2,1-4H3,(H2,27,28)/p+1. The number of nitrogen functional groups attached to an aromatic ring is 1. The summed E-state index contributed by atoms with van der Waals surface area (Å²) in [5, 5.41) is 3.98. The van der Waals surface area contributed by atoms with Crippen LogP contribution in [0.15, 0.2) is 70.2 Å². The molecule has 2 aromatic carbocycles. The molecule has 10 nitrogen and oxygen atoms in total. The third-order valence-electron chi connectivity index (χ3n) is 5.89. The van der Waals surface area contributed by atoms with E-state index in [0.717, 1.165) is 16.7 Å². The zero-order valence-electron chi connectivity index (χ0n) is 21.0.